The van der Waals surface area contributed by atoms with Crippen molar-refractivity contribution in [1.82, 2.24) is 119 Å². The van der Waals surface area contributed by atoms with E-state index in [1.54, 1.807) is 36.6 Å². The molecule has 4 saturated heterocycles. The summed E-state index contributed by atoms with van der Waals surface area (Å²) < 4.78 is 43.7. The first-order chi connectivity index (χ1) is 59.6. The minimum atomic E-state index is -0.750. The highest BCUT2D eigenvalue weighted by Gasteiger charge is 2.35. The van der Waals surface area contributed by atoms with Gasteiger partial charge in [-0.2, -0.15) is 38.7 Å². The average Bonchev–Trinajstić information content (AvgIpc) is 1.64. The van der Waals surface area contributed by atoms with Gasteiger partial charge in [-0.25, -0.2) is 48.7 Å². The number of aryl methyl sites for hydroxylation is 1. The van der Waals surface area contributed by atoms with Crippen molar-refractivity contribution in [2.45, 2.75) is 75.9 Å². The fourth-order valence-electron chi connectivity index (χ4n) is 15.4. The molecule has 20 rings (SSSR count). The van der Waals surface area contributed by atoms with Crippen molar-refractivity contribution in [2.75, 3.05) is 208 Å². The molecule has 12 heterocycles. The highest BCUT2D eigenvalue weighted by atomic mass is 19.1. The number of likely N-dealkylation sites (N-methyl/N-ethyl adjacent to an activating group) is 1. The first-order valence-electron chi connectivity index (χ1n) is 41.4. The second-order valence-electron chi connectivity index (χ2n) is 31.0. The van der Waals surface area contributed by atoms with E-state index in [1.165, 1.54) is 94.5 Å². The summed E-state index contributed by atoms with van der Waals surface area (Å²) in [7, 11) is 5.66. The molecule has 0 bridgehead atoms. The van der Waals surface area contributed by atoms with Crippen molar-refractivity contribution in [1.29, 1.82) is 0 Å². The highest BCUT2D eigenvalue weighted by molar-refractivity contribution is 5.66. The number of morpholine rings is 1. The van der Waals surface area contributed by atoms with Crippen molar-refractivity contribution in [2.24, 2.45) is 0 Å². The van der Waals surface area contributed by atoms with Crippen LogP contribution in [0, 0.1) is 11.6 Å². The second-order valence-corrected chi connectivity index (χ2v) is 31.0. The molecular formula is C81H101F2N37O2. The lowest BCUT2D eigenvalue weighted by atomic mass is 10.1. The van der Waals surface area contributed by atoms with Crippen LogP contribution in [0.4, 0.5) is 108 Å². The van der Waals surface area contributed by atoms with Crippen LogP contribution in [0.5, 0.6) is 5.75 Å². The summed E-state index contributed by atoms with van der Waals surface area (Å²) >= 11 is 0. The minimum Gasteiger partial charge on any atom is -0.495 e. The fraction of sp³-hybridized carbons (Fsp3) is 0.407. The summed E-state index contributed by atoms with van der Waals surface area (Å²) in [6.45, 7) is 17.0. The van der Waals surface area contributed by atoms with Crippen LogP contribution in [0.25, 0.3) is 23.3 Å². The van der Waals surface area contributed by atoms with Crippen LogP contribution in [0.2, 0.25) is 0 Å². The van der Waals surface area contributed by atoms with Crippen molar-refractivity contribution in [3.63, 3.8) is 0 Å². The number of nitrogens with zero attached hydrogens (tertiary/aromatic N) is 28. The zero-order valence-electron chi connectivity index (χ0n) is 68.4. The van der Waals surface area contributed by atoms with Crippen molar-refractivity contribution >= 4 is 99.3 Å². The largest absolute Gasteiger partial charge is 0.495 e. The lowest BCUT2D eigenvalue weighted by Gasteiger charge is -2.35. The lowest BCUT2D eigenvalue weighted by Crippen LogP contribution is -2.47. The number of anilines is 17. The number of hydrogen-bond donors (Lipinski definition) is 9. The van der Waals surface area contributed by atoms with Gasteiger partial charge in [0.25, 0.3) is 0 Å². The molecule has 8 aromatic heterocycles. The van der Waals surface area contributed by atoms with Crippen LogP contribution in [-0.4, -0.2) is 276 Å². The minimum absolute atomic E-state index is 0.0467. The molecular weight excluding hydrogens is 1560 g/mol. The number of nitrogen functional groups attached to an aromatic ring is 4. The van der Waals surface area contributed by atoms with Gasteiger partial charge < -0.3 is 83.5 Å². The summed E-state index contributed by atoms with van der Waals surface area (Å²) in [5.74, 6) is 7.00. The van der Waals surface area contributed by atoms with Crippen molar-refractivity contribution in [3.05, 3.63) is 157 Å². The maximum atomic E-state index is 13.9. The second kappa shape index (κ2) is 37.1. The molecule has 122 heavy (non-hydrogen) atoms. The summed E-state index contributed by atoms with van der Waals surface area (Å²) in [5, 5.41) is 33.4. The van der Waals surface area contributed by atoms with E-state index in [9.17, 15) is 8.78 Å². The third-order valence-corrected chi connectivity index (χ3v) is 22.4. The van der Waals surface area contributed by atoms with Gasteiger partial charge in [-0.1, -0.05) is 24.3 Å². The quantitative estimate of drug-likeness (QED) is 0.0295. The Balaban J connectivity index is 0.000000116. The van der Waals surface area contributed by atoms with Gasteiger partial charge in [0.2, 0.25) is 47.6 Å². The number of hydrogen-bond acceptors (Lipinski definition) is 35. The third kappa shape index (κ3) is 20.0. The zero-order valence-corrected chi connectivity index (χ0v) is 68.4. The topological polar surface area (TPSA) is 435 Å². The number of methoxy groups -OCH3 is 1. The Morgan fingerprint density at radius 1 is 0.434 bits per heavy atom. The Hall–Kier alpha value is -13.4. The maximum absolute atomic E-state index is 13.9. The van der Waals surface area contributed by atoms with Gasteiger partial charge in [-0.05, 0) is 138 Å². The molecule has 0 unspecified atom stereocenters. The number of halogens is 2. The Morgan fingerprint density at radius 2 is 0.869 bits per heavy atom. The van der Waals surface area contributed by atoms with E-state index in [1.807, 2.05) is 62.6 Å². The van der Waals surface area contributed by atoms with Gasteiger partial charge in [-0.3, -0.25) is 14.7 Å². The van der Waals surface area contributed by atoms with Crippen LogP contribution in [0.3, 0.4) is 0 Å². The van der Waals surface area contributed by atoms with E-state index >= 15 is 0 Å². The van der Waals surface area contributed by atoms with E-state index in [0.717, 1.165) is 196 Å². The van der Waals surface area contributed by atoms with E-state index in [0.29, 0.717) is 58.6 Å². The Labute approximate surface area is 703 Å². The van der Waals surface area contributed by atoms with E-state index in [2.05, 4.69) is 176 Å². The number of piperazine rings is 3. The first-order valence-corrected chi connectivity index (χ1v) is 41.4. The molecule has 39 nitrogen and oxygen atoms in total. The van der Waals surface area contributed by atoms with Crippen LogP contribution in [0.1, 0.15) is 56.1 Å². The molecule has 12 aromatic rings. The number of nitrogens with two attached hydrogens (primary N) is 4. The molecule has 636 valence electrons. The number of nitrogens with one attached hydrogen (secondary N) is 5. The smallest absolute Gasteiger partial charge is 0.249 e. The summed E-state index contributed by atoms with van der Waals surface area (Å²) in [4.78, 5) is 70.9. The van der Waals surface area contributed by atoms with Gasteiger partial charge in [0, 0.05) is 170 Å². The summed E-state index contributed by atoms with van der Waals surface area (Å²) in [5.41, 5.74) is 31.1. The van der Waals surface area contributed by atoms with Gasteiger partial charge in [0.05, 0.1) is 31.7 Å². The molecule has 3 saturated carbocycles. The van der Waals surface area contributed by atoms with E-state index in [-0.39, 0.29) is 29.5 Å². The SMILES string of the molecule is CN(C)CCNc1cc(-n2nc(Nc3ccc(N4CCOCC4)cc3)nc2N)ncn1.COc1ccccc1Nc1nc(N)n(-c2cc(N3CCN(C4CC4)CC3)ncn2)n1.Nc1nc(Nc2ccc(F)cc2F)nn1-c1cc(N2CCN(C3CC3)CC2)ncn1.Nc1nc(Nc2cccc3c2CCC3)nn1-c1cc(N2CCN(C3CC3)CC2)ncn1. The van der Waals surface area contributed by atoms with Crippen LogP contribution in [-0.2, 0) is 17.6 Å². The molecule has 4 aromatic carbocycles. The first kappa shape index (κ1) is 81.0. The predicted molar refractivity (Wildman–Crippen MR) is 463 cm³/mol. The molecule has 0 amide bonds. The Morgan fingerprint density at radius 3 is 1.34 bits per heavy atom. The van der Waals surface area contributed by atoms with Crippen LogP contribution >= 0.6 is 0 Å². The van der Waals surface area contributed by atoms with Gasteiger partial charge in [0.15, 0.2) is 23.3 Å². The standard InChI is InChI=1S/C22H27N9.C20H28N10O.C20H25N9O.C19H21F2N9/c23-21-27-22(26-18-6-2-4-15-3-1-5-17(15)18)28-31(21)20-13-19(24-14-25-20)30-11-9-29(10-12-30)16-7-8-16;1-28(2)8-7-22-17-13-18(24-14-23-17)30-19(21)26-20(27-30)25-15-3-5-16(6-4-15)29-9-11-31-12-10-29;1-30-16-5-3-2-4-15(16)24-20-25-19(21)29(26-20)18-12-17(22-13-23-18)28-10-8-27(9-11-28)14-6-7-14;20-12-1-4-15(14(21)9-12)25-19-26-18(22)30(27-19)17-10-16(23-11-24-17)29-7-5-28(6-8-29)13-2-3-13/h2,4,6,13-14,16H,1,3,5,7-12H2,(H3,23,26,27,28);3-6,13-14H,7-12H2,1-2H3,(H,22,23,24)(H3,21,25,26,27);2-5,12-14H,6-11H2,1H3,(H3,21,24,25,26);1,4,9-11,13H,2-3,5-8H2,(H3,22,25,26,27). The average molecular weight is 1660 g/mol. The summed E-state index contributed by atoms with van der Waals surface area (Å²) in [6.07, 6.45) is 17.5. The van der Waals surface area contributed by atoms with Gasteiger partial charge in [-0.15, -0.1) is 20.4 Å². The maximum Gasteiger partial charge on any atom is 0.249 e. The Kier molecular flexibility index (Phi) is 24.6. The van der Waals surface area contributed by atoms with Crippen LogP contribution < -0.4 is 73.9 Å². The third-order valence-electron chi connectivity index (χ3n) is 22.4. The van der Waals surface area contributed by atoms with Crippen LogP contribution in [0.15, 0.2) is 135 Å². The van der Waals surface area contributed by atoms with E-state index < -0.39 is 11.6 Å². The number of aromatic nitrogens is 20. The molecule has 0 atom stereocenters. The number of benzene rings is 4. The zero-order chi connectivity index (χ0) is 83.6. The molecule has 0 spiro atoms. The molecule has 8 aliphatic rings. The predicted octanol–water partition coefficient (Wildman–Crippen LogP) is 6.97. The molecule has 4 aliphatic heterocycles. The number of rotatable bonds is 24. The number of fused-ring (bicyclic) bond motifs is 1. The number of ether oxygens (including phenoxy) is 2. The molecule has 41 heteroatoms. The summed E-state index contributed by atoms with van der Waals surface area (Å²) in [6, 6.07) is 35.1. The van der Waals surface area contributed by atoms with E-state index in [4.69, 9.17) is 32.4 Å². The fourth-order valence-corrected chi connectivity index (χ4v) is 15.4. The normalized spacial score (nSPS) is 16.9. The molecule has 4 aliphatic carbocycles. The van der Waals surface area contributed by atoms with Crippen molar-refractivity contribution in [3.8, 4) is 29.0 Å². The Bertz CT molecular complexity index is 5510. The number of para-hydroxylation sites is 2. The molecule has 13 N–H and O–H groups in total. The molecule has 0 radical (unpaired) electrons. The van der Waals surface area contributed by atoms with Gasteiger partial charge in [0.1, 0.15) is 66.0 Å². The lowest BCUT2D eigenvalue weighted by molar-refractivity contribution is 0.122. The molecule has 7 fully saturated rings. The van der Waals surface area contributed by atoms with Gasteiger partial charge >= 0.3 is 0 Å². The van der Waals surface area contributed by atoms with Crippen molar-refractivity contribution < 1.29 is 18.3 Å². The highest BCUT2D eigenvalue weighted by Crippen LogP contribution is 2.35. The monoisotopic (exact) mass is 1660 g/mol.